The summed E-state index contributed by atoms with van der Waals surface area (Å²) < 4.78 is 0. The second-order valence-electron chi connectivity index (χ2n) is 7.38. The first kappa shape index (κ1) is 18.4. The molecular weight excluding hydrogens is 330 g/mol. The molecule has 2 N–H and O–H groups in total. The normalized spacial score (nSPS) is 28.8. The van der Waals surface area contributed by atoms with Crippen LogP contribution < -0.4 is 10.6 Å². The Morgan fingerprint density at radius 3 is 2.58 bits per heavy atom. The predicted molar refractivity (Wildman–Crippen MR) is 98.2 cm³/mol. The van der Waals surface area contributed by atoms with Crippen LogP contribution in [0.4, 0.5) is 4.79 Å². The van der Waals surface area contributed by atoms with Gasteiger partial charge in [0.05, 0.1) is 0 Å². The third-order valence-corrected chi connectivity index (χ3v) is 5.73. The first-order valence-corrected chi connectivity index (χ1v) is 9.47. The van der Waals surface area contributed by atoms with Crippen molar-refractivity contribution in [3.05, 3.63) is 35.9 Å². The summed E-state index contributed by atoms with van der Waals surface area (Å²) >= 11 is 0. The van der Waals surface area contributed by atoms with E-state index in [-0.39, 0.29) is 24.4 Å². The largest absolute Gasteiger partial charge is 0.352 e. The van der Waals surface area contributed by atoms with Crippen molar-refractivity contribution in [2.75, 3.05) is 6.54 Å². The number of rotatable bonds is 5. The topological polar surface area (TPSA) is 78.5 Å². The van der Waals surface area contributed by atoms with E-state index in [1.807, 2.05) is 37.3 Å². The van der Waals surface area contributed by atoms with Gasteiger partial charge in [-0.3, -0.25) is 14.5 Å². The third-order valence-electron chi connectivity index (χ3n) is 5.73. The molecule has 0 aromatic heterocycles. The molecule has 0 bridgehead atoms. The SMILES string of the molecule is CC[C@]1(c2ccccc2)NC(=O)N(CC(=O)N[C@@H]2CCCC[C@@H]2C)C1=O. The number of imide groups is 1. The van der Waals surface area contributed by atoms with E-state index in [9.17, 15) is 14.4 Å². The molecule has 0 spiro atoms. The summed E-state index contributed by atoms with van der Waals surface area (Å²) in [4.78, 5) is 39.0. The zero-order chi connectivity index (χ0) is 18.7. The zero-order valence-electron chi connectivity index (χ0n) is 15.5. The predicted octanol–water partition coefficient (Wildman–Crippen LogP) is 2.54. The van der Waals surface area contributed by atoms with Gasteiger partial charge in [0.2, 0.25) is 5.91 Å². The molecule has 0 unspecified atom stereocenters. The lowest BCUT2D eigenvalue weighted by Crippen LogP contribution is -2.48. The molecule has 1 saturated carbocycles. The monoisotopic (exact) mass is 357 g/mol. The lowest BCUT2D eigenvalue weighted by molar-refractivity contribution is -0.135. The van der Waals surface area contributed by atoms with Crippen LogP contribution in [0.25, 0.3) is 0 Å². The number of urea groups is 1. The smallest absolute Gasteiger partial charge is 0.325 e. The highest BCUT2D eigenvalue weighted by Gasteiger charge is 2.51. The van der Waals surface area contributed by atoms with Gasteiger partial charge in [-0.05, 0) is 30.7 Å². The third kappa shape index (κ3) is 3.32. The molecule has 6 nitrogen and oxygen atoms in total. The summed E-state index contributed by atoms with van der Waals surface area (Å²) in [6, 6.07) is 8.82. The van der Waals surface area contributed by atoms with Crippen LogP contribution in [0.3, 0.4) is 0 Å². The van der Waals surface area contributed by atoms with E-state index in [0.717, 1.165) is 29.7 Å². The highest BCUT2D eigenvalue weighted by molar-refractivity contribution is 6.09. The maximum Gasteiger partial charge on any atom is 0.325 e. The van der Waals surface area contributed by atoms with Crippen molar-refractivity contribution >= 4 is 17.8 Å². The lowest BCUT2D eigenvalue weighted by atomic mass is 9.86. The first-order chi connectivity index (χ1) is 12.5. The molecule has 1 aromatic rings. The molecule has 3 atom stereocenters. The Bertz CT molecular complexity index is 691. The van der Waals surface area contributed by atoms with Crippen molar-refractivity contribution in [2.45, 2.75) is 57.5 Å². The Balaban J connectivity index is 1.71. The molecule has 4 amide bonds. The highest BCUT2D eigenvalue weighted by atomic mass is 16.2. The minimum atomic E-state index is -1.09. The molecule has 2 aliphatic rings. The summed E-state index contributed by atoms with van der Waals surface area (Å²) in [5, 5.41) is 5.82. The van der Waals surface area contributed by atoms with Gasteiger partial charge < -0.3 is 10.6 Å². The van der Waals surface area contributed by atoms with Crippen LogP contribution in [0.2, 0.25) is 0 Å². The Morgan fingerprint density at radius 2 is 1.92 bits per heavy atom. The van der Waals surface area contributed by atoms with Crippen LogP contribution in [0.15, 0.2) is 30.3 Å². The Morgan fingerprint density at radius 1 is 1.23 bits per heavy atom. The summed E-state index contributed by atoms with van der Waals surface area (Å²) in [7, 11) is 0. The molecule has 1 aliphatic heterocycles. The van der Waals surface area contributed by atoms with E-state index >= 15 is 0 Å². The maximum atomic E-state index is 13.0. The molecule has 1 aromatic carbocycles. The van der Waals surface area contributed by atoms with Gasteiger partial charge in [0.15, 0.2) is 0 Å². The minimum Gasteiger partial charge on any atom is -0.352 e. The summed E-state index contributed by atoms with van der Waals surface area (Å²) in [6.07, 6.45) is 4.78. The number of carbonyl (C=O) groups is 3. The van der Waals surface area contributed by atoms with Crippen LogP contribution >= 0.6 is 0 Å². The van der Waals surface area contributed by atoms with Crippen molar-refractivity contribution in [1.82, 2.24) is 15.5 Å². The van der Waals surface area contributed by atoms with Gasteiger partial charge in [-0.1, -0.05) is 57.0 Å². The van der Waals surface area contributed by atoms with Crippen LogP contribution in [-0.2, 0) is 15.1 Å². The molecule has 3 rings (SSSR count). The van der Waals surface area contributed by atoms with E-state index in [4.69, 9.17) is 0 Å². The number of benzene rings is 1. The number of nitrogens with one attached hydrogen (secondary N) is 2. The molecular formula is C20H27N3O3. The van der Waals surface area contributed by atoms with E-state index in [1.54, 1.807) is 0 Å². The van der Waals surface area contributed by atoms with E-state index in [1.165, 1.54) is 6.42 Å². The fourth-order valence-electron chi connectivity index (χ4n) is 4.06. The van der Waals surface area contributed by atoms with Crippen molar-refractivity contribution in [3.8, 4) is 0 Å². The second-order valence-corrected chi connectivity index (χ2v) is 7.38. The summed E-state index contributed by atoms with van der Waals surface area (Å²) in [6.45, 7) is 3.76. The molecule has 26 heavy (non-hydrogen) atoms. The molecule has 1 aliphatic carbocycles. The van der Waals surface area contributed by atoms with Crippen molar-refractivity contribution < 1.29 is 14.4 Å². The van der Waals surface area contributed by atoms with E-state index < -0.39 is 11.6 Å². The Kier molecular flexibility index (Phi) is 5.30. The van der Waals surface area contributed by atoms with Gasteiger partial charge in [0.1, 0.15) is 12.1 Å². The second kappa shape index (κ2) is 7.48. The fraction of sp³-hybridized carbons (Fsp3) is 0.550. The van der Waals surface area contributed by atoms with Crippen LogP contribution in [0.5, 0.6) is 0 Å². The first-order valence-electron chi connectivity index (χ1n) is 9.47. The Labute approximate surface area is 154 Å². The van der Waals surface area contributed by atoms with Gasteiger partial charge in [0, 0.05) is 6.04 Å². The lowest BCUT2D eigenvalue weighted by Gasteiger charge is -2.30. The zero-order valence-corrected chi connectivity index (χ0v) is 15.5. The molecule has 0 radical (unpaired) electrons. The molecule has 6 heteroatoms. The van der Waals surface area contributed by atoms with Gasteiger partial charge >= 0.3 is 6.03 Å². The van der Waals surface area contributed by atoms with E-state index in [2.05, 4.69) is 17.6 Å². The number of nitrogens with zero attached hydrogens (tertiary/aromatic N) is 1. The van der Waals surface area contributed by atoms with E-state index in [0.29, 0.717) is 12.3 Å². The van der Waals surface area contributed by atoms with Crippen molar-refractivity contribution in [3.63, 3.8) is 0 Å². The number of hydrogen-bond donors (Lipinski definition) is 2. The summed E-state index contributed by atoms with van der Waals surface area (Å²) in [5.74, 6) is -0.204. The number of amides is 4. The Hall–Kier alpha value is -2.37. The molecule has 1 heterocycles. The van der Waals surface area contributed by atoms with Gasteiger partial charge in [-0.15, -0.1) is 0 Å². The van der Waals surface area contributed by atoms with Crippen LogP contribution in [-0.4, -0.2) is 35.3 Å². The van der Waals surface area contributed by atoms with Crippen molar-refractivity contribution in [2.24, 2.45) is 5.92 Å². The number of hydrogen-bond acceptors (Lipinski definition) is 3. The molecule has 1 saturated heterocycles. The number of carbonyl (C=O) groups excluding carboxylic acids is 3. The fourth-order valence-corrected chi connectivity index (χ4v) is 4.06. The quantitative estimate of drug-likeness (QED) is 0.795. The standard InChI is InChI=1S/C20H27N3O3/c1-3-20(15-10-5-4-6-11-15)18(25)23(19(26)22-20)13-17(24)21-16-12-8-7-9-14(16)2/h4-6,10-11,14,16H,3,7-9,12-13H2,1-2H3,(H,21,24)(H,22,26)/t14-,16+,20+/m0/s1. The average molecular weight is 357 g/mol. The maximum absolute atomic E-state index is 13.0. The van der Waals surface area contributed by atoms with Crippen LogP contribution in [0, 0.1) is 5.92 Å². The molecule has 2 fully saturated rings. The average Bonchev–Trinajstić information content (AvgIpc) is 2.89. The highest BCUT2D eigenvalue weighted by Crippen LogP contribution is 2.32. The summed E-state index contributed by atoms with van der Waals surface area (Å²) in [5.41, 5.74) is -0.346. The van der Waals surface area contributed by atoms with Crippen LogP contribution in [0.1, 0.15) is 51.5 Å². The van der Waals surface area contributed by atoms with Crippen molar-refractivity contribution in [1.29, 1.82) is 0 Å². The van der Waals surface area contributed by atoms with Gasteiger partial charge in [0.25, 0.3) is 5.91 Å². The van der Waals surface area contributed by atoms with Gasteiger partial charge in [-0.25, -0.2) is 4.79 Å². The minimum absolute atomic E-state index is 0.127. The molecule has 140 valence electrons. The van der Waals surface area contributed by atoms with Gasteiger partial charge in [-0.2, -0.15) is 0 Å².